The summed E-state index contributed by atoms with van der Waals surface area (Å²) in [5.41, 5.74) is 0. The van der Waals surface area contributed by atoms with E-state index in [0.29, 0.717) is 6.04 Å². The molecule has 120 valence electrons. The molecular weight excluding hydrogens is 283 g/mol. The van der Waals surface area contributed by atoms with Crippen LogP contribution < -0.4 is 10.6 Å². The molecule has 2 N–H and O–H groups in total. The van der Waals surface area contributed by atoms with Gasteiger partial charge < -0.3 is 10.6 Å². The molecular formula is C14H22F3N3O. The minimum absolute atomic E-state index is 0.0365. The Labute approximate surface area is 122 Å². The largest absolute Gasteiger partial charge is 0.393 e. The van der Waals surface area contributed by atoms with Crippen molar-refractivity contribution in [1.82, 2.24) is 15.5 Å². The van der Waals surface area contributed by atoms with Gasteiger partial charge in [0.15, 0.2) is 0 Å². The van der Waals surface area contributed by atoms with E-state index in [-0.39, 0.29) is 31.3 Å². The maximum atomic E-state index is 12.6. The molecule has 3 heterocycles. The first-order valence-corrected chi connectivity index (χ1v) is 7.79. The zero-order chi connectivity index (χ0) is 15.0. The number of amides is 1. The van der Waals surface area contributed by atoms with Crippen LogP contribution in [0.25, 0.3) is 0 Å². The molecule has 7 heteroatoms. The molecule has 3 aliphatic rings. The summed E-state index contributed by atoms with van der Waals surface area (Å²) in [4.78, 5) is 14.6. The summed E-state index contributed by atoms with van der Waals surface area (Å²) in [6.07, 6.45) is -0.629. The van der Waals surface area contributed by atoms with Crippen LogP contribution in [0, 0.1) is 5.92 Å². The maximum Gasteiger partial charge on any atom is 0.393 e. The SMILES string of the molecule is O=C(NC1CCN2CCCC12)C1CCC(C(F)(F)F)CN1. The third-order valence-corrected chi connectivity index (χ3v) is 5.13. The summed E-state index contributed by atoms with van der Waals surface area (Å²) in [7, 11) is 0. The van der Waals surface area contributed by atoms with Gasteiger partial charge in [-0.1, -0.05) is 0 Å². The summed E-state index contributed by atoms with van der Waals surface area (Å²) >= 11 is 0. The van der Waals surface area contributed by atoms with Crippen molar-refractivity contribution in [2.24, 2.45) is 5.92 Å². The van der Waals surface area contributed by atoms with Gasteiger partial charge in [-0.05, 0) is 38.6 Å². The van der Waals surface area contributed by atoms with Crippen molar-refractivity contribution >= 4 is 5.91 Å². The Balaban J connectivity index is 1.49. The lowest BCUT2D eigenvalue weighted by molar-refractivity contribution is -0.180. The second kappa shape index (κ2) is 5.76. The highest BCUT2D eigenvalue weighted by molar-refractivity contribution is 5.82. The average molecular weight is 305 g/mol. The van der Waals surface area contributed by atoms with Crippen molar-refractivity contribution in [3.05, 3.63) is 0 Å². The van der Waals surface area contributed by atoms with Crippen molar-refractivity contribution < 1.29 is 18.0 Å². The normalized spacial score (nSPS) is 37.5. The molecule has 3 rings (SSSR count). The molecule has 0 aliphatic carbocycles. The number of piperidine rings is 1. The number of carbonyl (C=O) groups is 1. The lowest BCUT2D eigenvalue weighted by Gasteiger charge is -2.31. The van der Waals surface area contributed by atoms with Crippen molar-refractivity contribution in [2.75, 3.05) is 19.6 Å². The van der Waals surface area contributed by atoms with E-state index in [1.165, 1.54) is 6.42 Å². The van der Waals surface area contributed by atoms with Crippen molar-refractivity contribution in [3.8, 4) is 0 Å². The average Bonchev–Trinajstić information content (AvgIpc) is 3.03. The lowest BCUT2D eigenvalue weighted by atomic mass is 9.93. The van der Waals surface area contributed by atoms with Gasteiger partial charge in [0.2, 0.25) is 5.91 Å². The Morgan fingerprint density at radius 3 is 2.62 bits per heavy atom. The molecule has 0 aromatic carbocycles. The summed E-state index contributed by atoms with van der Waals surface area (Å²) < 4.78 is 37.8. The van der Waals surface area contributed by atoms with Crippen molar-refractivity contribution in [1.29, 1.82) is 0 Å². The molecule has 3 saturated heterocycles. The summed E-state index contributed by atoms with van der Waals surface area (Å²) in [6.45, 7) is 1.97. The van der Waals surface area contributed by atoms with Gasteiger partial charge in [-0.3, -0.25) is 9.69 Å². The Morgan fingerprint density at radius 2 is 1.95 bits per heavy atom. The topological polar surface area (TPSA) is 44.4 Å². The monoisotopic (exact) mass is 305 g/mol. The van der Waals surface area contributed by atoms with E-state index in [1.54, 1.807) is 0 Å². The van der Waals surface area contributed by atoms with Gasteiger partial charge in [-0.2, -0.15) is 13.2 Å². The Kier molecular flexibility index (Phi) is 4.14. The zero-order valence-electron chi connectivity index (χ0n) is 12.0. The number of halogens is 3. The first-order chi connectivity index (χ1) is 9.95. The van der Waals surface area contributed by atoms with Gasteiger partial charge in [0, 0.05) is 25.2 Å². The quantitative estimate of drug-likeness (QED) is 0.807. The molecule has 0 radical (unpaired) electrons. The fourth-order valence-electron chi connectivity index (χ4n) is 3.89. The number of nitrogens with zero attached hydrogens (tertiary/aromatic N) is 1. The third kappa shape index (κ3) is 3.18. The van der Waals surface area contributed by atoms with Gasteiger partial charge in [0.05, 0.1) is 12.0 Å². The standard InChI is InChI=1S/C14H22F3N3O/c15-14(16,17)9-3-4-11(18-8-9)13(21)19-10-5-7-20-6-1-2-12(10)20/h9-12,18H,1-8H2,(H,19,21). The van der Waals surface area contributed by atoms with Gasteiger partial charge >= 0.3 is 6.18 Å². The van der Waals surface area contributed by atoms with E-state index < -0.39 is 18.1 Å². The second-order valence-electron chi connectivity index (χ2n) is 6.43. The molecule has 0 aromatic rings. The number of fused-ring (bicyclic) bond motifs is 1. The van der Waals surface area contributed by atoms with Crippen LogP contribution in [-0.2, 0) is 4.79 Å². The van der Waals surface area contributed by atoms with Gasteiger partial charge in [-0.25, -0.2) is 0 Å². The molecule has 3 aliphatic heterocycles. The molecule has 4 nitrogen and oxygen atoms in total. The molecule has 4 atom stereocenters. The Morgan fingerprint density at radius 1 is 1.14 bits per heavy atom. The highest BCUT2D eigenvalue weighted by Gasteiger charge is 2.43. The Bertz CT molecular complexity index is 393. The van der Waals surface area contributed by atoms with E-state index in [1.807, 2.05) is 0 Å². The van der Waals surface area contributed by atoms with E-state index in [0.717, 1.165) is 25.9 Å². The summed E-state index contributed by atoms with van der Waals surface area (Å²) in [5.74, 6) is -1.45. The van der Waals surface area contributed by atoms with Crippen molar-refractivity contribution in [2.45, 2.75) is 56.4 Å². The molecule has 21 heavy (non-hydrogen) atoms. The van der Waals surface area contributed by atoms with E-state index in [9.17, 15) is 18.0 Å². The second-order valence-corrected chi connectivity index (χ2v) is 6.43. The van der Waals surface area contributed by atoms with Crippen LogP contribution in [0.2, 0.25) is 0 Å². The van der Waals surface area contributed by atoms with Gasteiger partial charge in [0.1, 0.15) is 0 Å². The molecule has 0 spiro atoms. The van der Waals surface area contributed by atoms with Crippen LogP contribution in [0.5, 0.6) is 0 Å². The predicted molar refractivity (Wildman–Crippen MR) is 71.7 cm³/mol. The number of carbonyl (C=O) groups excluding carboxylic acids is 1. The van der Waals surface area contributed by atoms with Crippen LogP contribution in [0.15, 0.2) is 0 Å². The summed E-state index contributed by atoms with van der Waals surface area (Å²) in [6, 6.07) is 0.127. The molecule has 1 amide bonds. The van der Waals surface area contributed by atoms with Gasteiger partial charge in [0.25, 0.3) is 0 Å². The number of hydrogen-bond acceptors (Lipinski definition) is 3. The molecule has 0 bridgehead atoms. The lowest BCUT2D eigenvalue weighted by Crippen LogP contribution is -2.54. The van der Waals surface area contributed by atoms with E-state index in [2.05, 4.69) is 15.5 Å². The maximum absolute atomic E-state index is 12.6. The van der Waals surface area contributed by atoms with Gasteiger partial charge in [-0.15, -0.1) is 0 Å². The number of hydrogen-bond donors (Lipinski definition) is 2. The zero-order valence-corrected chi connectivity index (χ0v) is 12.0. The number of nitrogens with one attached hydrogen (secondary N) is 2. The summed E-state index contributed by atoms with van der Waals surface area (Å²) in [5, 5.41) is 5.81. The smallest absolute Gasteiger partial charge is 0.350 e. The van der Waals surface area contributed by atoms with E-state index >= 15 is 0 Å². The van der Waals surface area contributed by atoms with Crippen molar-refractivity contribution in [3.63, 3.8) is 0 Å². The van der Waals surface area contributed by atoms with Crippen LogP contribution in [0.1, 0.15) is 32.1 Å². The number of rotatable bonds is 2. The first kappa shape index (κ1) is 15.1. The van der Waals surface area contributed by atoms with E-state index in [4.69, 9.17) is 0 Å². The third-order valence-electron chi connectivity index (χ3n) is 5.13. The fraction of sp³-hybridized carbons (Fsp3) is 0.929. The minimum atomic E-state index is -4.16. The predicted octanol–water partition coefficient (Wildman–Crippen LogP) is 1.27. The van der Waals surface area contributed by atoms with Crippen LogP contribution in [0.3, 0.4) is 0 Å². The molecule has 3 fully saturated rings. The number of alkyl halides is 3. The van der Waals surface area contributed by atoms with Crippen LogP contribution in [0.4, 0.5) is 13.2 Å². The highest BCUT2D eigenvalue weighted by Crippen LogP contribution is 2.32. The minimum Gasteiger partial charge on any atom is -0.350 e. The fourth-order valence-corrected chi connectivity index (χ4v) is 3.89. The molecule has 0 aromatic heterocycles. The first-order valence-electron chi connectivity index (χ1n) is 7.79. The van der Waals surface area contributed by atoms with Crippen LogP contribution in [-0.4, -0.2) is 54.7 Å². The van der Waals surface area contributed by atoms with Crippen LogP contribution >= 0.6 is 0 Å². The molecule has 0 saturated carbocycles. The Hall–Kier alpha value is -0.820. The highest BCUT2D eigenvalue weighted by atomic mass is 19.4. The molecule has 4 unspecified atom stereocenters.